The van der Waals surface area contributed by atoms with E-state index < -0.39 is 5.60 Å². The summed E-state index contributed by atoms with van der Waals surface area (Å²) in [6, 6.07) is 15.3. The highest BCUT2D eigenvalue weighted by atomic mass is 16.6. The zero-order chi connectivity index (χ0) is 20.9. The van der Waals surface area contributed by atoms with Crippen molar-refractivity contribution >= 4 is 11.8 Å². The zero-order valence-corrected chi connectivity index (χ0v) is 17.4. The first kappa shape index (κ1) is 20.8. The van der Waals surface area contributed by atoms with Gasteiger partial charge in [-0.25, -0.2) is 4.79 Å². The zero-order valence-electron chi connectivity index (χ0n) is 17.4. The van der Waals surface area contributed by atoms with Gasteiger partial charge in [0.2, 0.25) is 0 Å². The van der Waals surface area contributed by atoms with E-state index in [1.807, 2.05) is 69.3 Å². The predicted molar refractivity (Wildman–Crippen MR) is 113 cm³/mol. The molecule has 1 fully saturated rings. The molecule has 3 rings (SSSR count). The lowest BCUT2D eigenvalue weighted by Crippen LogP contribution is -2.44. The Bertz CT molecular complexity index is 824. The van der Waals surface area contributed by atoms with Gasteiger partial charge in [-0.1, -0.05) is 24.3 Å². The number of likely N-dealkylation sites (tertiary alicyclic amines) is 1. The van der Waals surface area contributed by atoms with Crippen LogP contribution in [0.1, 0.15) is 39.2 Å². The Hall–Kier alpha value is -2.89. The van der Waals surface area contributed by atoms with E-state index in [1.165, 1.54) is 0 Å². The first-order chi connectivity index (χ1) is 13.8. The fourth-order valence-corrected chi connectivity index (χ4v) is 3.14. The topological polar surface area (TPSA) is 74.0 Å². The molecule has 0 aromatic heterocycles. The van der Waals surface area contributed by atoms with Crippen LogP contribution in [0, 0.1) is 0 Å². The molecule has 0 saturated carbocycles. The van der Waals surface area contributed by atoms with Crippen LogP contribution in [0.2, 0.25) is 0 Å². The van der Waals surface area contributed by atoms with Crippen molar-refractivity contribution in [3.63, 3.8) is 0 Å². The normalized spacial score (nSPS) is 15.1. The van der Waals surface area contributed by atoms with E-state index in [2.05, 4.69) is 0 Å². The smallest absolute Gasteiger partial charge is 0.410 e. The van der Waals surface area contributed by atoms with Crippen LogP contribution in [0.3, 0.4) is 0 Å². The van der Waals surface area contributed by atoms with Gasteiger partial charge in [0.1, 0.15) is 29.8 Å². The van der Waals surface area contributed by atoms with Gasteiger partial charge >= 0.3 is 6.09 Å². The number of rotatable bonds is 5. The highest BCUT2D eigenvalue weighted by Crippen LogP contribution is 2.25. The number of nitrogen functional groups attached to an aromatic ring is 1. The summed E-state index contributed by atoms with van der Waals surface area (Å²) in [5.74, 6) is 1.50. The Morgan fingerprint density at radius 1 is 1.07 bits per heavy atom. The van der Waals surface area contributed by atoms with Crippen molar-refractivity contribution in [2.75, 3.05) is 18.8 Å². The molecule has 0 radical (unpaired) electrons. The molecule has 1 aliphatic heterocycles. The Morgan fingerprint density at radius 2 is 1.76 bits per heavy atom. The maximum atomic E-state index is 12.2. The number of carbonyl (C=O) groups excluding carboxylic acids is 1. The molecule has 1 saturated heterocycles. The lowest BCUT2D eigenvalue weighted by molar-refractivity contribution is 0.0126. The van der Waals surface area contributed by atoms with Crippen LogP contribution in [0.25, 0.3) is 0 Å². The van der Waals surface area contributed by atoms with Gasteiger partial charge in [-0.15, -0.1) is 0 Å². The molecule has 6 nitrogen and oxygen atoms in total. The molecule has 0 spiro atoms. The van der Waals surface area contributed by atoms with Crippen molar-refractivity contribution in [3.8, 4) is 11.5 Å². The molecule has 1 amide bonds. The van der Waals surface area contributed by atoms with Gasteiger partial charge in [0, 0.05) is 43.2 Å². The number of benzene rings is 2. The summed E-state index contributed by atoms with van der Waals surface area (Å²) < 4.78 is 17.4. The Morgan fingerprint density at radius 3 is 2.45 bits per heavy atom. The first-order valence-corrected chi connectivity index (χ1v) is 10.0. The van der Waals surface area contributed by atoms with Crippen LogP contribution in [-0.2, 0) is 11.3 Å². The summed E-state index contributed by atoms with van der Waals surface area (Å²) in [5, 5.41) is 0. The number of hydrogen-bond donors (Lipinski definition) is 1. The van der Waals surface area contributed by atoms with Gasteiger partial charge in [0.25, 0.3) is 0 Å². The maximum Gasteiger partial charge on any atom is 0.410 e. The molecule has 6 heteroatoms. The van der Waals surface area contributed by atoms with Crippen molar-refractivity contribution in [2.24, 2.45) is 0 Å². The number of carbonyl (C=O) groups is 1. The van der Waals surface area contributed by atoms with Gasteiger partial charge in [-0.3, -0.25) is 0 Å². The first-order valence-electron chi connectivity index (χ1n) is 10.0. The third-order valence-electron chi connectivity index (χ3n) is 4.65. The van der Waals surface area contributed by atoms with Gasteiger partial charge in [0.05, 0.1) is 0 Å². The Balaban J connectivity index is 1.50. The van der Waals surface area contributed by atoms with E-state index in [-0.39, 0.29) is 12.2 Å². The molecule has 2 aromatic carbocycles. The molecule has 0 atom stereocenters. The third-order valence-corrected chi connectivity index (χ3v) is 4.65. The van der Waals surface area contributed by atoms with Crippen molar-refractivity contribution in [2.45, 2.75) is 51.9 Å². The molecule has 0 unspecified atom stereocenters. The van der Waals surface area contributed by atoms with Gasteiger partial charge in [-0.2, -0.15) is 0 Å². The fraction of sp³-hybridized carbons (Fsp3) is 0.435. The number of piperidine rings is 1. The monoisotopic (exact) mass is 398 g/mol. The van der Waals surface area contributed by atoms with E-state index >= 15 is 0 Å². The van der Waals surface area contributed by atoms with Crippen molar-refractivity contribution in [3.05, 3.63) is 54.1 Å². The molecule has 2 aromatic rings. The minimum absolute atomic E-state index is 0.0636. The van der Waals surface area contributed by atoms with E-state index in [0.29, 0.717) is 19.7 Å². The molecule has 156 valence electrons. The summed E-state index contributed by atoms with van der Waals surface area (Å²) >= 11 is 0. The minimum Gasteiger partial charge on any atom is -0.490 e. The lowest BCUT2D eigenvalue weighted by Gasteiger charge is -2.33. The predicted octanol–water partition coefficient (Wildman–Crippen LogP) is 4.63. The van der Waals surface area contributed by atoms with Crippen LogP contribution in [0.5, 0.6) is 11.5 Å². The van der Waals surface area contributed by atoms with Crippen LogP contribution in [0.4, 0.5) is 10.5 Å². The van der Waals surface area contributed by atoms with Crippen molar-refractivity contribution < 1.29 is 19.0 Å². The minimum atomic E-state index is -0.477. The third kappa shape index (κ3) is 6.31. The van der Waals surface area contributed by atoms with E-state index in [9.17, 15) is 4.79 Å². The molecular formula is C23H30N2O4. The summed E-state index contributed by atoms with van der Waals surface area (Å²) in [6.07, 6.45) is 1.34. The molecular weight excluding hydrogens is 368 g/mol. The maximum absolute atomic E-state index is 12.2. The van der Waals surface area contributed by atoms with Gasteiger partial charge in [-0.05, 0) is 39.0 Å². The number of para-hydroxylation sites is 1. The second kappa shape index (κ2) is 9.07. The second-order valence-electron chi connectivity index (χ2n) is 8.25. The molecule has 1 aliphatic rings. The summed E-state index contributed by atoms with van der Waals surface area (Å²) in [6.45, 7) is 7.29. The average molecular weight is 399 g/mol. The molecule has 2 N–H and O–H groups in total. The van der Waals surface area contributed by atoms with E-state index in [1.54, 1.807) is 4.90 Å². The summed E-state index contributed by atoms with van der Waals surface area (Å²) in [5.41, 5.74) is 7.16. The molecule has 0 bridgehead atoms. The van der Waals surface area contributed by atoms with Crippen LogP contribution < -0.4 is 15.2 Å². The van der Waals surface area contributed by atoms with Gasteiger partial charge in [0.15, 0.2) is 0 Å². The van der Waals surface area contributed by atoms with Crippen LogP contribution >= 0.6 is 0 Å². The lowest BCUT2D eigenvalue weighted by atomic mass is 10.1. The number of anilines is 1. The SMILES string of the molecule is CC(C)(C)OC(=O)N1CCC(Oc2cccc(OCc3ccccc3N)c2)CC1. The number of hydrogen-bond acceptors (Lipinski definition) is 5. The number of ether oxygens (including phenoxy) is 3. The quantitative estimate of drug-likeness (QED) is 0.744. The van der Waals surface area contributed by atoms with E-state index in [0.717, 1.165) is 35.6 Å². The number of nitrogens with zero attached hydrogens (tertiary/aromatic N) is 1. The largest absolute Gasteiger partial charge is 0.490 e. The Labute approximate surface area is 172 Å². The Kier molecular flexibility index (Phi) is 6.52. The van der Waals surface area contributed by atoms with Gasteiger partial charge < -0.3 is 24.8 Å². The fourth-order valence-electron chi connectivity index (χ4n) is 3.14. The standard InChI is InChI=1S/C23H30N2O4/c1-23(2,3)29-22(26)25-13-11-18(12-14-25)28-20-9-6-8-19(15-20)27-16-17-7-4-5-10-21(17)24/h4-10,15,18H,11-14,16,24H2,1-3H3. The van der Waals surface area contributed by atoms with Crippen LogP contribution in [-0.4, -0.2) is 35.8 Å². The second-order valence-corrected chi connectivity index (χ2v) is 8.25. The van der Waals surface area contributed by atoms with Crippen LogP contribution in [0.15, 0.2) is 48.5 Å². The highest BCUT2D eigenvalue weighted by Gasteiger charge is 2.27. The highest BCUT2D eigenvalue weighted by molar-refractivity contribution is 5.68. The van der Waals surface area contributed by atoms with Crippen molar-refractivity contribution in [1.82, 2.24) is 4.90 Å². The van der Waals surface area contributed by atoms with Crippen molar-refractivity contribution in [1.29, 1.82) is 0 Å². The summed E-state index contributed by atoms with van der Waals surface area (Å²) in [4.78, 5) is 13.9. The number of amides is 1. The molecule has 29 heavy (non-hydrogen) atoms. The van der Waals surface area contributed by atoms with E-state index in [4.69, 9.17) is 19.9 Å². The average Bonchev–Trinajstić information content (AvgIpc) is 2.67. The summed E-state index contributed by atoms with van der Waals surface area (Å²) in [7, 11) is 0. The molecule has 0 aliphatic carbocycles. The number of nitrogens with two attached hydrogens (primary N) is 1. The molecule has 1 heterocycles.